The van der Waals surface area contributed by atoms with Crippen molar-refractivity contribution in [2.45, 2.75) is 135 Å². The number of hydrogen-bond donors (Lipinski definition) is 1. The topological polar surface area (TPSA) is 44.7 Å². The molecule has 1 N–H and O–H groups in total. The zero-order chi connectivity index (χ0) is 22.2. The van der Waals surface area contributed by atoms with E-state index >= 15 is 0 Å². The maximum Gasteiger partial charge on any atom is 0.220 e. The summed E-state index contributed by atoms with van der Waals surface area (Å²) in [5.74, 6) is 0.211. The Kier molecular flexibility index (Phi) is 20.0. The maximum absolute atomic E-state index is 11.8. The van der Waals surface area contributed by atoms with Crippen LogP contribution in [0.2, 0.25) is 0 Å². The van der Waals surface area contributed by atoms with Gasteiger partial charge in [0.25, 0.3) is 0 Å². The largest absolute Gasteiger partial charge is 0.359 e. The van der Waals surface area contributed by atoms with Gasteiger partial charge in [0.1, 0.15) is 0 Å². The lowest BCUT2D eigenvalue weighted by atomic mass is 10.0. The third-order valence-electron chi connectivity index (χ3n) is 6.49. The van der Waals surface area contributed by atoms with Crippen LogP contribution >= 0.6 is 0 Å². The Bertz CT molecular complexity index is 425. The molecule has 0 saturated carbocycles. The monoisotopic (exact) mass is 435 g/mol. The third kappa shape index (κ3) is 19.4. The number of nitrogens with zero attached hydrogens (tertiary/aromatic N) is 2. The maximum atomic E-state index is 11.8. The smallest absolute Gasteiger partial charge is 0.220 e. The van der Waals surface area contributed by atoms with E-state index < -0.39 is 0 Å². The average Bonchev–Trinajstić information content (AvgIpc) is 3.29. The van der Waals surface area contributed by atoms with E-state index in [4.69, 9.17) is 0 Å². The molecule has 1 amide bonds. The fourth-order valence-electron chi connectivity index (χ4n) is 4.38. The molecular weight excluding hydrogens is 382 g/mol. The van der Waals surface area contributed by atoms with Crippen molar-refractivity contribution in [3.05, 3.63) is 0 Å². The van der Waals surface area contributed by atoms with Crippen LogP contribution in [-0.4, -0.2) is 43.3 Å². The second kappa shape index (κ2) is 22.1. The van der Waals surface area contributed by atoms with Crippen LogP contribution in [0.15, 0.2) is 4.99 Å². The molecule has 0 aromatic carbocycles. The number of unbranched alkanes of at least 4 members (excludes halogenated alkanes) is 18. The Balaban J connectivity index is 1.68. The SMILES string of the molecule is CCCCCCCCCCCCCCCCCCCCCC(=O)NCCN1C=NCC1. The minimum atomic E-state index is 0.211. The summed E-state index contributed by atoms with van der Waals surface area (Å²) in [6.07, 6.45) is 28.9. The quantitative estimate of drug-likeness (QED) is 0.172. The zero-order valence-corrected chi connectivity index (χ0v) is 20.9. The second-order valence-electron chi connectivity index (χ2n) is 9.52. The molecule has 0 spiro atoms. The first kappa shape index (κ1) is 28.0. The summed E-state index contributed by atoms with van der Waals surface area (Å²) in [6, 6.07) is 0. The van der Waals surface area contributed by atoms with Crippen molar-refractivity contribution in [2.75, 3.05) is 26.2 Å². The van der Waals surface area contributed by atoms with Crippen molar-refractivity contribution in [3.8, 4) is 0 Å². The summed E-state index contributed by atoms with van der Waals surface area (Å²) in [4.78, 5) is 18.2. The van der Waals surface area contributed by atoms with Gasteiger partial charge in [0, 0.05) is 26.1 Å². The molecule has 0 saturated heterocycles. The molecule has 0 unspecified atom stereocenters. The van der Waals surface area contributed by atoms with Gasteiger partial charge >= 0.3 is 0 Å². The number of rotatable bonds is 23. The van der Waals surface area contributed by atoms with Crippen molar-refractivity contribution < 1.29 is 4.79 Å². The van der Waals surface area contributed by atoms with Gasteiger partial charge in [0.15, 0.2) is 0 Å². The molecule has 31 heavy (non-hydrogen) atoms. The van der Waals surface area contributed by atoms with Gasteiger partial charge in [0.05, 0.1) is 12.9 Å². The lowest BCUT2D eigenvalue weighted by molar-refractivity contribution is -0.121. The first-order valence-electron chi connectivity index (χ1n) is 13.8. The van der Waals surface area contributed by atoms with E-state index in [1.807, 2.05) is 6.34 Å². The molecule has 1 heterocycles. The van der Waals surface area contributed by atoms with Crippen LogP contribution < -0.4 is 5.32 Å². The molecule has 0 aromatic rings. The molecule has 0 aliphatic carbocycles. The van der Waals surface area contributed by atoms with Crippen molar-refractivity contribution >= 4 is 12.2 Å². The Morgan fingerprint density at radius 3 is 1.61 bits per heavy atom. The molecule has 0 bridgehead atoms. The standard InChI is InChI=1S/C27H53N3O/c1-2-3-4-5-6-7-8-9-10-11-12-13-14-15-16-17-18-19-20-21-27(31)29-23-25-30-24-22-28-26-30/h26H,2-25H2,1H3,(H,29,31). The summed E-state index contributed by atoms with van der Waals surface area (Å²) in [5.41, 5.74) is 0. The Labute approximate surface area is 194 Å². The van der Waals surface area contributed by atoms with Crippen LogP contribution in [0, 0.1) is 0 Å². The molecule has 4 nitrogen and oxygen atoms in total. The van der Waals surface area contributed by atoms with Crippen LogP contribution in [0.25, 0.3) is 0 Å². The molecule has 0 aromatic heterocycles. The van der Waals surface area contributed by atoms with Gasteiger partial charge in [-0.2, -0.15) is 0 Å². The number of amides is 1. The lowest BCUT2D eigenvalue weighted by Gasteiger charge is -2.13. The average molecular weight is 436 g/mol. The zero-order valence-electron chi connectivity index (χ0n) is 20.9. The number of aliphatic imine (C=N–C) groups is 1. The van der Waals surface area contributed by atoms with Crippen molar-refractivity contribution in [3.63, 3.8) is 0 Å². The van der Waals surface area contributed by atoms with E-state index in [1.54, 1.807) is 0 Å². The number of carbonyl (C=O) groups is 1. The van der Waals surface area contributed by atoms with E-state index in [2.05, 4.69) is 22.1 Å². The normalized spacial score (nSPS) is 13.3. The van der Waals surface area contributed by atoms with Crippen LogP contribution in [0.1, 0.15) is 135 Å². The van der Waals surface area contributed by atoms with E-state index in [1.165, 1.54) is 116 Å². The third-order valence-corrected chi connectivity index (χ3v) is 6.49. The molecule has 0 radical (unpaired) electrons. The van der Waals surface area contributed by atoms with Crippen molar-refractivity contribution in [1.29, 1.82) is 0 Å². The number of carbonyl (C=O) groups excluding carboxylic acids is 1. The van der Waals surface area contributed by atoms with Gasteiger partial charge < -0.3 is 10.2 Å². The summed E-state index contributed by atoms with van der Waals surface area (Å²) in [7, 11) is 0. The molecule has 0 atom stereocenters. The number of hydrogen-bond acceptors (Lipinski definition) is 3. The van der Waals surface area contributed by atoms with Gasteiger partial charge in [-0.3, -0.25) is 9.79 Å². The minimum Gasteiger partial charge on any atom is -0.359 e. The van der Waals surface area contributed by atoms with Gasteiger partial charge in [-0.05, 0) is 6.42 Å². The molecule has 0 fully saturated rings. The van der Waals surface area contributed by atoms with Crippen LogP contribution in [0.3, 0.4) is 0 Å². The predicted octanol–water partition coefficient (Wildman–Crippen LogP) is 7.27. The summed E-state index contributed by atoms with van der Waals surface area (Å²) in [5, 5.41) is 3.03. The highest BCUT2D eigenvalue weighted by Crippen LogP contribution is 2.14. The Morgan fingerprint density at radius 1 is 0.742 bits per heavy atom. The van der Waals surface area contributed by atoms with Gasteiger partial charge in [0.2, 0.25) is 5.91 Å². The van der Waals surface area contributed by atoms with E-state index in [-0.39, 0.29) is 5.91 Å². The van der Waals surface area contributed by atoms with Crippen LogP contribution in [0.5, 0.6) is 0 Å². The van der Waals surface area contributed by atoms with Crippen LogP contribution in [-0.2, 0) is 4.79 Å². The summed E-state index contributed by atoms with van der Waals surface area (Å²) in [6.45, 7) is 5.81. The molecule has 1 rings (SSSR count). The van der Waals surface area contributed by atoms with Gasteiger partial charge in [-0.1, -0.05) is 122 Å². The summed E-state index contributed by atoms with van der Waals surface area (Å²) >= 11 is 0. The van der Waals surface area contributed by atoms with Crippen molar-refractivity contribution in [1.82, 2.24) is 10.2 Å². The highest BCUT2D eigenvalue weighted by molar-refractivity contribution is 5.75. The lowest BCUT2D eigenvalue weighted by Crippen LogP contribution is -2.33. The molecule has 1 aliphatic rings. The molecule has 4 heteroatoms. The van der Waals surface area contributed by atoms with Crippen LogP contribution in [0.4, 0.5) is 0 Å². The minimum absolute atomic E-state index is 0.211. The van der Waals surface area contributed by atoms with Gasteiger partial charge in [-0.25, -0.2) is 0 Å². The van der Waals surface area contributed by atoms with Crippen molar-refractivity contribution in [2.24, 2.45) is 4.99 Å². The first-order valence-corrected chi connectivity index (χ1v) is 13.8. The van der Waals surface area contributed by atoms with E-state index in [0.717, 1.165) is 32.6 Å². The molecule has 1 aliphatic heterocycles. The molecule has 182 valence electrons. The highest BCUT2D eigenvalue weighted by Gasteiger charge is 2.06. The van der Waals surface area contributed by atoms with E-state index in [9.17, 15) is 4.79 Å². The number of nitrogens with one attached hydrogen (secondary N) is 1. The van der Waals surface area contributed by atoms with Gasteiger partial charge in [-0.15, -0.1) is 0 Å². The Hall–Kier alpha value is -1.06. The highest BCUT2D eigenvalue weighted by atomic mass is 16.1. The first-order chi connectivity index (χ1) is 15.3. The fraction of sp³-hybridized carbons (Fsp3) is 0.926. The van der Waals surface area contributed by atoms with E-state index in [0.29, 0.717) is 6.42 Å². The fourth-order valence-corrected chi connectivity index (χ4v) is 4.38. The second-order valence-corrected chi connectivity index (χ2v) is 9.52. The molecular formula is C27H53N3O. The summed E-state index contributed by atoms with van der Waals surface area (Å²) < 4.78 is 0. The predicted molar refractivity (Wildman–Crippen MR) is 136 cm³/mol. The Morgan fingerprint density at radius 2 is 1.19 bits per heavy atom.